The number of ether oxygens (including phenoxy) is 9. The lowest BCUT2D eigenvalue weighted by molar-refractivity contribution is 0.262. The van der Waals surface area contributed by atoms with Gasteiger partial charge in [-0.25, -0.2) is 0 Å². The molecule has 0 aliphatic rings. The molecule has 0 saturated carbocycles. The van der Waals surface area contributed by atoms with Gasteiger partial charge >= 0.3 is 0 Å². The van der Waals surface area contributed by atoms with E-state index in [0.29, 0.717) is 59.5 Å². The number of benzene rings is 3. The molecule has 0 unspecified atom stereocenters. The molecule has 0 saturated heterocycles. The molecule has 0 aromatic heterocycles. The van der Waals surface area contributed by atoms with Gasteiger partial charge in [-0.05, 0) is 57.8 Å². The Morgan fingerprint density at radius 2 is 0.341 bits per heavy atom. The fraction of sp³-hybridized carbons (Fsp3) is 0.750. The Balaban J connectivity index is 2.73. The second-order valence-corrected chi connectivity index (χ2v) is 24.6. The van der Waals surface area contributed by atoms with Gasteiger partial charge < -0.3 is 42.6 Å². The summed E-state index contributed by atoms with van der Waals surface area (Å²) in [7, 11) is -1.11. The summed E-state index contributed by atoms with van der Waals surface area (Å²) >= 11 is 0. The van der Waals surface area contributed by atoms with Crippen molar-refractivity contribution < 1.29 is 42.6 Å². The van der Waals surface area contributed by atoms with Crippen LogP contribution in [0.4, 0.5) is 0 Å². The van der Waals surface area contributed by atoms with Crippen LogP contribution in [0.5, 0.6) is 51.7 Å². The van der Waals surface area contributed by atoms with Crippen molar-refractivity contribution in [2.24, 2.45) is 0 Å². The van der Waals surface area contributed by atoms with Crippen molar-refractivity contribution in [2.75, 3.05) is 59.5 Å². The molecule has 0 N–H and O–H groups in total. The zero-order valence-electron chi connectivity index (χ0n) is 54.4. The zero-order chi connectivity index (χ0) is 58.9. The fourth-order valence-electron chi connectivity index (χ4n) is 9.88. The van der Waals surface area contributed by atoms with Crippen LogP contribution in [0, 0.1) is 0 Å². The van der Waals surface area contributed by atoms with Gasteiger partial charge in [0.2, 0.25) is 0 Å². The molecule has 0 radical (unpaired) electrons. The molecule has 0 spiro atoms. The standard InChI is InChI=1S/C72H123O9S/c1-10-19-28-37-46-73-61-55-64(76-49-40-31-22-13-4)70(65(56-61)77-50-41-32-23-14-5)82(71-66(78-51-42-33-24-15-6)57-62(74-47-38-29-20-11-2)58-67(71)79-52-43-34-25-16-7)72-68(80-53-44-35-26-17-8)59-63(75-48-39-30-21-12-3)60-69(72)81-54-45-36-27-18-9/h55-60H,10-54H2,1-9H3/q+1. The molecule has 0 atom stereocenters. The van der Waals surface area contributed by atoms with Crippen molar-refractivity contribution in [2.45, 2.75) is 308 Å². The fourth-order valence-corrected chi connectivity index (χ4v) is 12.4. The molecule has 3 aromatic rings. The van der Waals surface area contributed by atoms with Crippen molar-refractivity contribution in [3.05, 3.63) is 36.4 Å². The third-order valence-corrected chi connectivity index (χ3v) is 17.4. The first-order valence-corrected chi connectivity index (χ1v) is 35.6. The molecule has 0 bridgehead atoms. The van der Waals surface area contributed by atoms with E-state index in [1.54, 1.807) is 0 Å². The van der Waals surface area contributed by atoms with E-state index in [-0.39, 0.29) is 0 Å². The SMILES string of the molecule is CCCCCCOc1cc(OCCCCCC)c([S+](c2c(OCCCCCC)cc(OCCCCCC)cc2OCCCCCC)c2c(OCCCCCC)cc(OCCCCCC)cc2OCCCCCC)c(OCCCCCC)c1. The monoisotopic (exact) mass is 1160 g/mol. The van der Waals surface area contributed by atoms with Crippen LogP contribution in [0.3, 0.4) is 0 Å². The average Bonchev–Trinajstić information content (AvgIpc) is 1.87. The first kappa shape index (κ1) is 72.5. The van der Waals surface area contributed by atoms with Crippen LogP contribution in [0.15, 0.2) is 51.1 Å². The summed E-state index contributed by atoms with van der Waals surface area (Å²) in [6, 6.07) is 12.9. The molecule has 0 heterocycles. The summed E-state index contributed by atoms with van der Waals surface area (Å²) in [6.07, 6.45) is 39.3. The summed E-state index contributed by atoms with van der Waals surface area (Å²) < 4.78 is 64.1. The van der Waals surface area contributed by atoms with E-state index in [0.717, 1.165) is 259 Å². The smallest absolute Gasteiger partial charge is 0.250 e. The van der Waals surface area contributed by atoms with E-state index < -0.39 is 10.9 Å². The Morgan fingerprint density at radius 3 is 0.488 bits per heavy atom. The van der Waals surface area contributed by atoms with Crippen LogP contribution < -0.4 is 42.6 Å². The zero-order valence-corrected chi connectivity index (χ0v) is 55.2. The summed E-state index contributed by atoms with van der Waals surface area (Å²) in [4.78, 5) is 2.76. The third kappa shape index (κ3) is 30.3. The molecule has 0 amide bonds. The molecule has 3 rings (SSSR count). The topological polar surface area (TPSA) is 83.1 Å². The van der Waals surface area contributed by atoms with Crippen molar-refractivity contribution in [3.8, 4) is 51.7 Å². The van der Waals surface area contributed by atoms with Gasteiger partial charge in [0.25, 0.3) is 14.7 Å². The van der Waals surface area contributed by atoms with Crippen LogP contribution in [0.1, 0.15) is 293 Å². The van der Waals surface area contributed by atoms with E-state index >= 15 is 0 Å². The van der Waals surface area contributed by atoms with Gasteiger partial charge in [0, 0.05) is 36.4 Å². The Bertz CT molecular complexity index is 1660. The lowest BCUT2D eigenvalue weighted by atomic mass is 10.2. The second kappa shape index (κ2) is 49.5. The molecule has 470 valence electrons. The number of hydrogen-bond acceptors (Lipinski definition) is 9. The maximum absolute atomic E-state index is 7.29. The van der Waals surface area contributed by atoms with Gasteiger partial charge in [0.05, 0.1) is 59.5 Å². The molecule has 82 heavy (non-hydrogen) atoms. The van der Waals surface area contributed by atoms with Crippen LogP contribution in [0.25, 0.3) is 0 Å². The third-order valence-electron chi connectivity index (χ3n) is 14.9. The minimum atomic E-state index is -1.11. The predicted octanol–water partition coefficient (Wildman–Crippen LogP) is 22.4. The number of hydrogen-bond donors (Lipinski definition) is 0. The predicted molar refractivity (Wildman–Crippen MR) is 348 cm³/mol. The Morgan fingerprint density at radius 1 is 0.195 bits per heavy atom. The van der Waals surface area contributed by atoms with Crippen LogP contribution in [-0.2, 0) is 10.9 Å². The highest BCUT2D eigenvalue weighted by Crippen LogP contribution is 2.56. The minimum absolute atomic E-state index is 0.554. The highest BCUT2D eigenvalue weighted by atomic mass is 32.2. The summed E-state index contributed by atoms with van der Waals surface area (Å²) in [6.45, 7) is 25.5. The molecule has 0 aliphatic heterocycles. The van der Waals surface area contributed by atoms with E-state index in [2.05, 4.69) is 98.7 Å². The van der Waals surface area contributed by atoms with Crippen LogP contribution >= 0.6 is 0 Å². The Kier molecular flexibility index (Phi) is 43.7. The maximum atomic E-state index is 7.29. The normalized spacial score (nSPS) is 11.3. The largest absolute Gasteiger partial charge is 0.493 e. The van der Waals surface area contributed by atoms with E-state index in [9.17, 15) is 0 Å². The van der Waals surface area contributed by atoms with Crippen LogP contribution in [-0.4, -0.2) is 59.5 Å². The van der Waals surface area contributed by atoms with E-state index in [1.807, 2.05) is 0 Å². The van der Waals surface area contributed by atoms with Gasteiger partial charge in [-0.3, -0.25) is 0 Å². The van der Waals surface area contributed by atoms with Gasteiger partial charge in [0.15, 0.2) is 34.5 Å². The summed E-state index contributed by atoms with van der Waals surface area (Å²) in [5.41, 5.74) is 0. The number of rotatable bonds is 57. The van der Waals surface area contributed by atoms with E-state index in [1.165, 1.54) is 38.5 Å². The van der Waals surface area contributed by atoms with Gasteiger partial charge in [0.1, 0.15) is 28.1 Å². The van der Waals surface area contributed by atoms with Crippen LogP contribution in [0.2, 0.25) is 0 Å². The molecular weight excluding hydrogens is 1040 g/mol. The quantitative estimate of drug-likeness (QED) is 0.0405. The molecule has 9 nitrogen and oxygen atoms in total. The van der Waals surface area contributed by atoms with Gasteiger partial charge in [-0.1, -0.05) is 236 Å². The highest BCUT2D eigenvalue weighted by Gasteiger charge is 2.47. The van der Waals surface area contributed by atoms with Crippen molar-refractivity contribution >= 4 is 10.9 Å². The van der Waals surface area contributed by atoms with Crippen molar-refractivity contribution in [1.82, 2.24) is 0 Å². The number of unbranched alkanes of at least 4 members (excludes halogenated alkanes) is 27. The molecule has 0 fully saturated rings. The maximum Gasteiger partial charge on any atom is 0.250 e. The Labute approximate surface area is 506 Å². The van der Waals surface area contributed by atoms with Gasteiger partial charge in [-0.15, -0.1) is 0 Å². The first-order valence-electron chi connectivity index (χ1n) is 34.4. The first-order chi connectivity index (χ1) is 40.4. The molecular formula is C72H123O9S+. The van der Waals surface area contributed by atoms with Crippen molar-refractivity contribution in [3.63, 3.8) is 0 Å². The minimum Gasteiger partial charge on any atom is -0.493 e. The second-order valence-electron chi connectivity index (χ2n) is 22.7. The van der Waals surface area contributed by atoms with Crippen molar-refractivity contribution in [1.29, 1.82) is 0 Å². The molecule has 10 heteroatoms. The van der Waals surface area contributed by atoms with Gasteiger partial charge in [-0.2, -0.15) is 0 Å². The highest BCUT2D eigenvalue weighted by molar-refractivity contribution is 7.97. The lowest BCUT2D eigenvalue weighted by Gasteiger charge is -2.24. The summed E-state index contributed by atoms with van der Waals surface area (Å²) in [5.74, 6) is 6.73. The average molecular weight is 1160 g/mol. The molecule has 0 aliphatic carbocycles. The summed E-state index contributed by atoms with van der Waals surface area (Å²) in [5, 5.41) is 0. The molecule has 3 aromatic carbocycles. The Hall–Kier alpha value is -3.79. The lowest BCUT2D eigenvalue weighted by Crippen LogP contribution is -2.18. The van der Waals surface area contributed by atoms with E-state index in [4.69, 9.17) is 42.6 Å².